The highest BCUT2D eigenvalue weighted by molar-refractivity contribution is 5.37. The molecule has 0 saturated carbocycles. The summed E-state index contributed by atoms with van der Waals surface area (Å²) >= 11 is 0. The zero-order valence-corrected chi connectivity index (χ0v) is 7.81. The minimum atomic E-state index is 0.428. The number of rotatable bonds is 2. The monoisotopic (exact) mass is 195 g/mol. The largest absolute Gasteiger partial charge is 0.382 e. The van der Waals surface area contributed by atoms with Crippen LogP contribution >= 0.6 is 0 Å². The molecule has 0 bridgehead atoms. The summed E-state index contributed by atoms with van der Waals surface area (Å²) in [7, 11) is 0. The summed E-state index contributed by atoms with van der Waals surface area (Å²) in [6.45, 7) is 3.20. The number of morpholine rings is 1. The Balaban J connectivity index is 1.92. The molecule has 1 aliphatic rings. The molecule has 1 aromatic heterocycles. The Kier molecular flexibility index (Phi) is 2.76. The Bertz CT molecular complexity index is 282. The molecule has 6 heteroatoms. The molecule has 0 radical (unpaired) electrons. The highest BCUT2D eigenvalue weighted by Crippen LogP contribution is 2.05. The second kappa shape index (κ2) is 4.21. The molecule has 0 aliphatic carbocycles. The van der Waals surface area contributed by atoms with Crippen LogP contribution in [0.3, 0.4) is 0 Å². The number of hydrogen-bond donors (Lipinski definition) is 2. The van der Waals surface area contributed by atoms with Gasteiger partial charge in [-0.3, -0.25) is 0 Å². The van der Waals surface area contributed by atoms with Crippen LogP contribution in [0.1, 0.15) is 0 Å². The molecule has 0 atom stereocenters. The number of ether oxygens (including phenoxy) is 1. The maximum atomic E-state index is 5.42. The van der Waals surface area contributed by atoms with Crippen LogP contribution in [0.5, 0.6) is 0 Å². The van der Waals surface area contributed by atoms with E-state index in [-0.39, 0.29) is 0 Å². The Morgan fingerprint density at radius 2 is 2.07 bits per heavy atom. The van der Waals surface area contributed by atoms with Crippen LogP contribution in [-0.4, -0.2) is 41.5 Å². The van der Waals surface area contributed by atoms with E-state index in [0.29, 0.717) is 11.6 Å². The molecule has 1 aromatic rings. The minimum Gasteiger partial charge on any atom is -0.382 e. The summed E-state index contributed by atoms with van der Waals surface area (Å²) in [5, 5.41) is 9.70. The first-order valence-electron chi connectivity index (χ1n) is 4.53. The molecule has 3 N–H and O–H groups in total. The van der Waals surface area contributed by atoms with Crippen molar-refractivity contribution in [2.75, 3.05) is 37.5 Å². The van der Waals surface area contributed by atoms with E-state index in [1.165, 1.54) is 0 Å². The standard InChI is InChI=1S/C8H13N5O/c9-7-1-2-8(11-10-7)12-13-3-5-14-6-4-13/h1-2H,3-6H2,(H2,9,10)(H,11,12). The van der Waals surface area contributed by atoms with Crippen LogP contribution in [0.15, 0.2) is 12.1 Å². The van der Waals surface area contributed by atoms with Gasteiger partial charge in [0.1, 0.15) is 5.82 Å². The second-order valence-electron chi connectivity index (χ2n) is 3.05. The third kappa shape index (κ3) is 2.30. The Labute approximate surface area is 82.0 Å². The van der Waals surface area contributed by atoms with Crippen LogP contribution in [0.2, 0.25) is 0 Å². The lowest BCUT2D eigenvalue weighted by Crippen LogP contribution is -2.40. The van der Waals surface area contributed by atoms with Gasteiger partial charge in [0.05, 0.1) is 13.2 Å². The van der Waals surface area contributed by atoms with E-state index in [9.17, 15) is 0 Å². The first-order chi connectivity index (χ1) is 6.84. The van der Waals surface area contributed by atoms with Gasteiger partial charge in [0.25, 0.3) is 0 Å². The highest BCUT2D eigenvalue weighted by atomic mass is 16.5. The number of anilines is 2. The van der Waals surface area contributed by atoms with Crippen molar-refractivity contribution in [3.8, 4) is 0 Å². The van der Waals surface area contributed by atoms with Gasteiger partial charge < -0.3 is 15.9 Å². The fourth-order valence-corrected chi connectivity index (χ4v) is 1.24. The van der Waals surface area contributed by atoms with Gasteiger partial charge in [0, 0.05) is 13.1 Å². The van der Waals surface area contributed by atoms with Crippen molar-refractivity contribution in [2.24, 2.45) is 0 Å². The normalized spacial score (nSPS) is 18.0. The molecule has 0 amide bonds. The molecular formula is C8H13N5O. The fraction of sp³-hybridized carbons (Fsp3) is 0.500. The summed E-state index contributed by atoms with van der Waals surface area (Å²) in [4.78, 5) is 0. The van der Waals surface area contributed by atoms with Gasteiger partial charge in [0.15, 0.2) is 5.82 Å². The number of hydrazine groups is 1. The molecule has 0 unspecified atom stereocenters. The summed E-state index contributed by atoms with van der Waals surface area (Å²) in [6, 6.07) is 3.52. The number of nitrogens with one attached hydrogen (secondary N) is 1. The van der Waals surface area contributed by atoms with Crippen molar-refractivity contribution in [3.63, 3.8) is 0 Å². The molecule has 2 rings (SSSR count). The van der Waals surface area contributed by atoms with Crippen molar-refractivity contribution in [3.05, 3.63) is 12.1 Å². The van der Waals surface area contributed by atoms with E-state index >= 15 is 0 Å². The average molecular weight is 195 g/mol. The molecule has 1 saturated heterocycles. The smallest absolute Gasteiger partial charge is 0.163 e. The molecule has 14 heavy (non-hydrogen) atoms. The van der Waals surface area contributed by atoms with Crippen molar-refractivity contribution in [1.82, 2.24) is 15.2 Å². The van der Waals surface area contributed by atoms with Crippen LogP contribution in [0.25, 0.3) is 0 Å². The van der Waals surface area contributed by atoms with Crippen molar-refractivity contribution in [2.45, 2.75) is 0 Å². The number of nitrogens with two attached hydrogens (primary N) is 1. The van der Waals surface area contributed by atoms with Gasteiger partial charge in [0.2, 0.25) is 0 Å². The van der Waals surface area contributed by atoms with Gasteiger partial charge in [-0.1, -0.05) is 0 Å². The van der Waals surface area contributed by atoms with Crippen LogP contribution in [-0.2, 0) is 4.74 Å². The van der Waals surface area contributed by atoms with E-state index in [0.717, 1.165) is 26.3 Å². The molecule has 2 heterocycles. The van der Waals surface area contributed by atoms with Gasteiger partial charge >= 0.3 is 0 Å². The van der Waals surface area contributed by atoms with E-state index in [1.807, 2.05) is 5.01 Å². The molecule has 1 fully saturated rings. The molecule has 76 valence electrons. The second-order valence-corrected chi connectivity index (χ2v) is 3.05. The predicted octanol–water partition coefficient (Wildman–Crippen LogP) is -0.282. The third-order valence-electron chi connectivity index (χ3n) is 1.97. The predicted molar refractivity (Wildman–Crippen MR) is 52.5 cm³/mol. The fourth-order valence-electron chi connectivity index (χ4n) is 1.24. The maximum Gasteiger partial charge on any atom is 0.163 e. The third-order valence-corrected chi connectivity index (χ3v) is 1.97. The van der Waals surface area contributed by atoms with Gasteiger partial charge in [-0.25, -0.2) is 5.01 Å². The first kappa shape index (κ1) is 9.17. The zero-order chi connectivity index (χ0) is 9.80. The van der Waals surface area contributed by atoms with Gasteiger partial charge in [-0.2, -0.15) is 0 Å². The topological polar surface area (TPSA) is 76.3 Å². The van der Waals surface area contributed by atoms with Crippen LogP contribution < -0.4 is 11.2 Å². The number of nitrogens with zero attached hydrogens (tertiary/aromatic N) is 3. The quantitative estimate of drug-likeness (QED) is 0.675. The molecular weight excluding hydrogens is 182 g/mol. The lowest BCUT2D eigenvalue weighted by atomic mass is 10.5. The Morgan fingerprint density at radius 1 is 1.29 bits per heavy atom. The first-order valence-corrected chi connectivity index (χ1v) is 4.53. The van der Waals surface area contributed by atoms with Crippen LogP contribution in [0, 0.1) is 0 Å². The molecule has 0 spiro atoms. The minimum absolute atomic E-state index is 0.428. The number of nitrogen functional groups attached to an aromatic ring is 1. The summed E-state index contributed by atoms with van der Waals surface area (Å²) in [5.41, 5.74) is 8.56. The van der Waals surface area contributed by atoms with Crippen molar-refractivity contribution in [1.29, 1.82) is 0 Å². The van der Waals surface area contributed by atoms with Gasteiger partial charge in [-0.15, -0.1) is 10.2 Å². The number of hydrogen-bond acceptors (Lipinski definition) is 6. The molecule has 6 nitrogen and oxygen atoms in total. The van der Waals surface area contributed by atoms with E-state index in [2.05, 4.69) is 15.6 Å². The zero-order valence-electron chi connectivity index (χ0n) is 7.81. The Hall–Kier alpha value is -1.40. The van der Waals surface area contributed by atoms with E-state index in [1.54, 1.807) is 12.1 Å². The van der Waals surface area contributed by atoms with Gasteiger partial charge in [-0.05, 0) is 12.1 Å². The van der Waals surface area contributed by atoms with Crippen molar-refractivity contribution >= 4 is 11.6 Å². The van der Waals surface area contributed by atoms with E-state index in [4.69, 9.17) is 10.5 Å². The highest BCUT2D eigenvalue weighted by Gasteiger charge is 2.10. The Morgan fingerprint density at radius 3 is 2.71 bits per heavy atom. The lowest BCUT2D eigenvalue weighted by molar-refractivity contribution is 0.0494. The maximum absolute atomic E-state index is 5.42. The number of aromatic nitrogens is 2. The summed E-state index contributed by atoms with van der Waals surface area (Å²) < 4.78 is 5.22. The van der Waals surface area contributed by atoms with E-state index < -0.39 is 0 Å². The summed E-state index contributed by atoms with van der Waals surface area (Å²) in [5.74, 6) is 1.14. The lowest BCUT2D eigenvalue weighted by Gasteiger charge is -2.27. The average Bonchev–Trinajstić information content (AvgIpc) is 2.23. The van der Waals surface area contributed by atoms with Crippen molar-refractivity contribution < 1.29 is 4.74 Å². The molecule has 0 aromatic carbocycles. The summed E-state index contributed by atoms with van der Waals surface area (Å²) in [6.07, 6.45) is 0. The SMILES string of the molecule is Nc1ccc(NN2CCOCC2)nn1. The molecule has 1 aliphatic heterocycles. The van der Waals surface area contributed by atoms with Crippen LogP contribution in [0.4, 0.5) is 11.6 Å².